The third-order valence-electron chi connectivity index (χ3n) is 6.70. The first-order chi connectivity index (χ1) is 17.0. The van der Waals surface area contributed by atoms with Crippen LogP contribution in [0.1, 0.15) is 68.7 Å². The molecule has 5 rings (SSSR count). The Bertz CT molecular complexity index is 1340. The van der Waals surface area contributed by atoms with Gasteiger partial charge in [-0.25, -0.2) is 4.68 Å². The highest BCUT2D eigenvalue weighted by molar-refractivity contribution is 7.17. The Balaban J connectivity index is 1.50. The van der Waals surface area contributed by atoms with Gasteiger partial charge in [0.25, 0.3) is 11.8 Å². The summed E-state index contributed by atoms with van der Waals surface area (Å²) in [7, 11) is 0. The van der Waals surface area contributed by atoms with Gasteiger partial charge in [0.2, 0.25) is 0 Å². The van der Waals surface area contributed by atoms with Crippen molar-refractivity contribution < 1.29 is 22.8 Å². The van der Waals surface area contributed by atoms with Crippen LogP contribution >= 0.6 is 22.9 Å². The third-order valence-corrected chi connectivity index (χ3v) is 8.23. The third kappa shape index (κ3) is 4.34. The van der Waals surface area contributed by atoms with Crippen LogP contribution in [0.2, 0.25) is 5.02 Å². The lowest BCUT2D eigenvalue weighted by molar-refractivity contribution is -0.173. The van der Waals surface area contributed by atoms with Crippen LogP contribution in [0.3, 0.4) is 0 Å². The molecule has 3 atom stereocenters. The number of benzene rings is 1. The van der Waals surface area contributed by atoms with Crippen LogP contribution in [0.15, 0.2) is 30.3 Å². The van der Waals surface area contributed by atoms with Gasteiger partial charge < -0.3 is 16.4 Å². The van der Waals surface area contributed by atoms with Crippen molar-refractivity contribution in [3.63, 3.8) is 0 Å². The fourth-order valence-corrected chi connectivity index (χ4v) is 6.58. The summed E-state index contributed by atoms with van der Waals surface area (Å²) in [6.07, 6.45) is -2.62. The summed E-state index contributed by atoms with van der Waals surface area (Å²) in [6.45, 7) is 2.10. The van der Waals surface area contributed by atoms with Gasteiger partial charge in [-0.05, 0) is 36.3 Å². The number of carbonyl (C=O) groups excluding carboxylic acids is 2. The Labute approximate surface area is 213 Å². The Hall–Kier alpha value is -3.05. The first-order valence-electron chi connectivity index (χ1n) is 11.5. The quantitative estimate of drug-likeness (QED) is 0.395. The Morgan fingerprint density at radius 2 is 2.00 bits per heavy atom. The molecule has 2 amide bonds. The largest absolute Gasteiger partial charge is 0.410 e. The normalized spacial score (nSPS) is 21.3. The van der Waals surface area contributed by atoms with Crippen molar-refractivity contribution in [2.45, 2.75) is 50.9 Å². The molecule has 36 heavy (non-hydrogen) atoms. The maximum atomic E-state index is 14.0. The van der Waals surface area contributed by atoms with E-state index < -0.39 is 30.1 Å². The number of nitrogens with one attached hydrogen (secondary N) is 2. The molecule has 190 valence electrons. The number of amides is 2. The number of nitrogens with zero attached hydrogens (tertiary/aromatic N) is 2. The monoisotopic (exact) mass is 537 g/mol. The second kappa shape index (κ2) is 9.11. The van der Waals surface area contributed by atoms with E-state index in [1.165, 1.54) is 11.3 Å². The minimum Gasteiger partial charge on any atom is -0.365 e. The summed E-state index contributed by atoms with van der Waals surface area (Å²) >= 11 is 7.69. The average Bonchev–Trinajstić information content (AvgIpc) is 3.35. The lowest BCUT2D eigenvalue weighted by Crippen LogP contribution is -2.35. The first kappa shape index (κ1) is 24.6. The predicted octanol–water partition coefficient (Wildman–Crippen LogP) is 5.73. The summed E-state index contributed by atoms with van der Waals surface area (Å²) in [5.41, 5.74) is 6.97. The number of fused-ring (bicyclic) bond motifs is 2. The van der Waals surface area contributed by atoms with Crippen molar-refractivity contribution in [1.82, 2.24) is 9.78 Å². The zero-order chi connectivity index (χ0) is 25.8. The van der Waals surface area contributed by atoms with Crippen LogP contribution in [-0.2, 0) is 12.8 Å². The zero-order valence-electron chi connectivity index (χ0n) is 19.2. The maximum Gasteiger partial charge on any atom is 0.410 e. The van der Waals surface area contributed by atoms with Gasteiger partial charge >= 0.3 is 6.18 Å². The fraction of sp³-hybridized carbons (Fsp3) is 0.375. The molecule has 3 heterocycles. The SMILES string of the molecule is C[C@@H]1CCc2c(sc(NC(=O)c3nn4c(c3Cl)N[C@@H](c3ccccc3)C[C@H]4C(F)(F)F)c2C(N)=O)C1. The van der Waals surface area contributed by atoms with Crippen LogP contribution in [0.4, 0.5) is 24.0 Å². The second-order valence-corrected chi connectivity index (χ2v) is 10.7. The summed E-state index contributed by atoms with van der Waals surface area (Å²) in [5, 5.41) is 9.66. The summed E-state index contributed by atoms with van der Waals surface area (Å²) in [4.78, 5) is 26.4. The second-order valence-electron chi connectivity index (χ2n) is 9.23. The molecule has 12 heteroatoms. The van der Waals surface area contributed by atoms with Gasteiger partial charge in [0.15, 0.2) is 11.7 Å². The highest BCUT2D eigenvalue weighted by atomic mass is 35.5. The van der Waals surface area contributed by atoms with Crippen molar-refractivity contribution >= 4 is 45.6 Å². The molecule has 0 spiro atoms. The molecule has 2 aromatic heterocycles. The van der Waals surface area contributed by atoms with Gasteiger partial charge in [-0.2, -0.15) is 18.3 Å². The number of primary amides is 1. The molecule has 1 aromatic carbocycles. The van der Waals surface area contributed by atoms with Gasteiger partial charge in [-0.15, -0.1) is 11.3 Å². The summed E-state index contributed by atoms with van der Waals surface area (Å²) < 4.78 is 42.8. The smallest absolute Gasteiger partial charge is 0.365 e. The molecule has 3 aromatic rings. The molecule has 2 aliphatic rings. The van der Waals surface area contributed by atoms with Gasteiger partial charge in [-0.1, -0.05) is 48.9 Å². The van der Waals surface area contributed by atoms with E-state index in [4.69, 9.17) is 17.3 Å². The van der Waals surface area contributed by atoms with Crippen molar-refractivity contribution in [3.05, 3.63) is 62.6 Å². The van der Waals surface area contributed by atoms with Crippen LogP contribution in [0.25, 0.3) is 0 Å². The number of hydrogen-bond donors (Lipinski definition) is 3. The highest BCUT2D eigenvalue weighted by Gasteiger charge is 2.48. The number of alkyl halides is 3. The van der Waals surface area contributed by atoms with Crippen LogP contribution in [-0.4, -0.2) is 27.8 Å². The molecule has 0 saturated carbocycles. The number of nitrogens with two attached hydrogens (primary N) is 1. The molecule has 7 nitrogen and oxygen atoms in total. The van der Waals surface area contributed by atoms with E-state index in [2.05, 4.69) is 22.7 Å². The Morgan fingerprint density at radius 3 is 2.67 bits per heavy atom. The van der Waals surface area contributed by atoms with Gasteiger partial charge in [0.1, 0.15) is 15.8 Å². The van der Waals surface area contributed by atoms with Crippen molar-refractivity contribution in [3.8, 4) is 0 Å². The number of aromatic nitrogens is 2. The van der Waals surface area contributed by atoms with Gasteiger partial charge in [-0.3, -0.25) is 9.59 Å². The van der Waals surface area contributed by atoms with E-state index in [9.17, 15) is 22.8 Å². The number of thiophene rings is 1. The number of carbonyl (C=O) groups is 2. The molecular formula is C24H23ClF3N5O2S. The number of hydrogen-bond acceptors (Lipinski definition) is 5. The molecule has 0 unspecified atom stereocenters. The standard InChI is InChI=1S/C24H23ClF3N5O2S/c1-11-7-8-13-15(9-11)36-23(17(13)20(29)34)31-22(35)19-18(25)21-30-14(12-5-3-2-4-6-12)10-16(24(26,27)28)33(21)32-19/h2-6,11,14,16,30H,7-10H2,1H3,(H2,29,34)(H,31,35)/t11-,14-,16+/m1/s1. The number of rotatable bonds is 4. The number of halogens is 4. The van der Waals surface area contributed by atoms with Crippen LogP contribution in [0, 0.1) is 5.92 Å². The summed E-state index contributed by atoms with van der Waals surface area (Å²) in [5.74, 6) is -1.14. The van der Waals surface area contributed by atoms with E-state index in [0.29, 0.717) is 17.9 Å². The Kier molecular flexibility index (Phi) is 6.24. The van der Waals surface area contributed by atoms with Crippen molar-refractivity contribution in [2.24, 2.45) is 11.7 Å². The van der Waals surface area contributed by atoms with Crippen LogP contribution < -0.4 is 16.4 Å². The molecule has 1 aliphatic heterocycles. The first-order valence-corrected chi connectivity index (χ1v) is 12.7. The van der Waals surface area contributed by atoms with E-state index in [1.54, 1.807) is 30.3 Å². The average molecular weight is 538 g/mol. The Morgan fingerprint density at radius 1 is 1.28 bits per heavy atom. The topological polar surface area (TPSA) is 102 Å². The minimum atomic E-state index is -4.62. The van der Waals surface area contributed by atoms with Gasteiger partial charge in [0, 0.05) is 11.3 Å². The lowest BCUT2D eigenvalue weighted by Gasteiger charge is -2.33. The van der Waals surface area contributed by atoms with E-state index in [1.807, 2.05) is 0 Å². The van der Waals surface area contributed by atoms with Gasteiger partial charge in [0.05, 0.1) is 11.6 Å². The molecular weight excluding hydrogens is 515 g/mol. The molecule has 0 fully saturated rings. The van der Waals surface area contributed by atoms with Crippen molar-refractivity contribution in [1.29, 1.82) is 0 Å². The van der Waals surface area contributed by atoms with Crippen molar-refractivity contribution in [2.75, 3.05) is 10.6 Å². The summed E-state index contributed by atoms with van der Waals surface area (Å²) in [6, 6.07) is 6.05. The van der Waals surface area contributed by atoms with E-state index in [-0.39, 0.29) is 33.5 Å². The zero-order valence-corrected chi connectivity index (χ0v) is 20.7. The minimum absolute atomic E-state index is 0.0846. The number of anilines is 2. The molecule has 1 aliphatic carbocycles. The highest BCUT2D eigenvalue weighted by Crippen LogP contribution is 2.46. The fourth-order valence-electron chi connectivity index (χ4n) is 4.90. The lowest BCUT2D eigenvalue weighted by atomic mass is 9.88. The predicted molar refractivity (Wildman–Crippen MR) is 132 cm³/mol. The van der Waals surface area contributed by atoms with E-state index in [0.717, 1.165) is 28.0 Å². The molecule has 0 saturated heterocycles. The molecule has 4 N–H and O–H groups in total. The van der Waals surface area contributed by atoms with Crippen LogP contribution in [0.5, 0.6) is 0 Å². The molecule has 0 radical (unpaired) electrons. The van der Waals surface area contributed by atoms with E-state index >= 15 is 0 Å². The molecule has 0 bridgehead atoms. The maximum absolute atomic E-state index is 14.0.